The molecule has 0 saturated carbocycles. The van der Waals surface area contributed by atoms with Crippen LogP contribution in [0.3, 0.4) is 0 Å². The summed E-state index contributed by atoms with van der Waals surface area (Å²) in [7, 11) is 1.51. The van der Waals surface area contributed by atoms with Crippen molar-refractivity contribution in [2.45, 2.75) is 20.0 Å². The van der Waals surface area contributed by atoms with Gasteiger partial charge in [-0.15, -0.1) is 0 Å². The maximum atomic E-state index is 12.5. The van der Waals surface area contributed by atoms with E-state index in [0.29, 0.717) is 30.0 Å². The number of rotatable bonds is 10. The molecule has 0 aliphatic rings. The number of alkyl halides is 2. The molecule has 0 aliphatic carbocycles. The molecule has 2 aromatic carbocycles. The number of carbonyl (C=O) groups is 2. The molecule has 0 bridgehead atoms. The molecule has 0 aromatic heterocycles. The van der Waals surface area contributed by atoms with Crippen LogP contribution >= 0.6 is 0 Å². The van der Waals surface area contributed by atoms with Crippen molar-refractivity contribution in [2.75, 3.05) is 25.5 Å². The number of amides is 2. The minimum absolute atomic E-state index is 0.0362. The lowest BCUT2D eigenvalue weighted by atomic mass is 10.2. The minimum atomic E-state index is -2.89. The third-order valence-corrected chi connectivity index (χ3v) is 4.04. The number of nitrogens with zero attached hydrogens (tertiary/aromatic N) is 1. The third-order valence-electron chi connectivity index (χ3n) is 4.04. The Bertz CT molecular complexity index is 870. The van der Waals surface area contributed by atoms with Gasteiger partial charge in [-0.3, -0.25) is 9.59 Å². The second-order valence-electron chi connectivity index (χ2n) is 6.29. The summed E-state index contributed by atoms with van der Waals surface area (Å²) in [5, 5.41) is 2.74. The summed E-state index contributed by atoms with van der Waals surface area (Å²) >= 11 is 0. The van der Waals surface area contributed by atoms with Crippen molar-refractivity contribution in [1.82, 2.24) is 4.90 Å². The molecule has 6 nitrogen and oxygen atoms in total. The standard InChI is InChI=1S/C22H24F2N2O4/c1-3-14-26(15-20(27)25-18-6-4-5-7-19(18)29-2)21(28)13-10-16-8-11-17(12-9-16)30-22(23)24/h4-13,22H,3,14-15H2,1-2H3,(H,25,27)/b13-10+. The Labute approximate surface area is 174 Å². The number of benzene rings is 2. The van der Waals surface area contributed by atoms with E-state index in [1.807, 2.05) is 6.92 Å². The normalized spacial score (nSPS) is 10.8. The third kappa shape index (κ3) is 7.20. The molecule has 2 aromatic rings. The van der Waals surface area contributed by atoms with Crippen LogP contribution in [0.2, 0.25) is 0 Å². The van der Waals surface area contributed by atoms with Gasteiger partial charge in [0.15, 0.2) is 0 Å². The largest absolute Gasteiger partial charge is 0.495 e. The van der Waals surface area contributed by atoms with Gasteiger partial charge < -0.3 is 19.7 Å². The maximum Gasteiger partial charge on any atom is 0.387 e. The van der Waals surface area contributed by atoms with E-state index in [1.165, 1.54) is 30.2 Å². The van der Waals surface area contributed by atoms with E-state index in [4.69, 9.17) is 4.74 Å². The highest BCUT2D eigenvalue weighted by atomic mass is 19.3. The molecule has 0 heterocycles. The first-order chi connectivity index (χ1) is 14.4. The average Bonchev–Trinajstić information content (AvgIpc) is 2.72. The zero-order valence-electron chi connectivity index (χ0n) is 16.8. The lowest BCUT2D eigenvalue weighted by molar-refractivity contribution is -0.130. The molecular weight excluding hydrogens is 394 g/mol. The summed E-state index contributed by atoms with van der Waals surface area (Å²) < 4.78 is 33.9. The van der Waals surface area contributed by atoms with Crippen LogP contribution in [0.4, 0.5) is 14.5 Å². The summed E-state index contributed by atoms with van der Waals surface area (Å²) in [6.07, 6.45) is 3.57. The van der Waals surface area contributed by atoms with Crippen LogP contribution in [0.15, 0.2) is 54.6 Å². The number of anilines is 1. The molecule has 30 heavy (non-hydrogen) atoms. The smallest absolute Gasteiger partial charge is 0.387 e. The summed E-state index contributed by atoms with van der Waals surface area (Å²) in [6.45, 7) is -0.693. The fourth-order valence-corrected chi connectivity index (χ4v) is 2.68. The van der Waals surface area contributed by atoms with E-state index in [2.05, 4.69) is 10.1 Å². The van der Waals surface area contributed by atoms with Gasteiger partial charge in [-0.05, 0) is 42.3 Å². The molecule has 0 fully saturated rings. The van der Waals surface area contributed by atoms with E-state index in [9.17, 15) is 18.4 Å². The van der Waals surface area contributed by atoms with Crippen LogP contribution in [0.25, 0.3) is 6.08 Å². The monoisotopic (exact) mass is 418 g/mol. The van der Waals surface area contributed by atoms with Gasteiger partial charge in [0.25, 0.3) is 0 Å². The topological polar surface area (TPSA) is 67.9 Å². The molecule has 0 atom stereocenters. The molecule has 0 unspecified atom stereocenters. The molecular formula is C22H24F2N2O4. The van der Waals surface area contributed by atoms with Crippen LogP contribution in [-0.2, 0) is 9.59 Å². The highest BCUT2D eigenvalue weighted by Crippen LogP contribution is 2.23. The van der Waals surface area contributed by atoms with E-state index < -0.39 is 6.61 Å². The van der Waals surface area contributed by atoms with Crippen molar-refractivity contribution >= 4 is 23.6 Å². The lowest BCUT2D eigenvalue weighted by Gasteiger charge is -2.20. The van der Waals surface area contributed by atoms with Gasteiger partial charge in [-0.2, -0.15) is 8.78 Å². The van der Waals surface area contributed by atoms with Crippen LogP contribution in [0.5, 0.6) is 11.5 Å². The maximum absolute atomic E-state index is 12.5. The van der Waals surface area contributed by atoms with Crippen molar-refractivity contribution in [3.05, 3.63) is 60.2 Å². The van der Waals surface area contributed by atoms with E-state index >= 15 is 0 Å². The van der Waals surface area contributed by atoms with E-state index in [-0.39, 0.29) is 24.1 Å². The number of halogens is 2. The molecule has 2 rings (SSSR count). The quantitative estimate of drug-likeness (QED) is 0.588. The molecule has 0 spiro atoms. The number of carbonyl (C=O) groups excluding carboxylic acids is 2. The summed E-state index contributed by atoms with van der Waals surface area (Å²) in [4.78, 5) is 26.4. The highest BCUT2D eigenvalue weighted by molar-refractivity contribution is 5.98. The Balaban J connectivity index is 1.99. The number of para-hydroxylation sites is 2. The van der Waals surface area contributed by atoms with Crippen LogP contribution in [0, 0.1) is 0 Å². The Hall–Kier alpha value is -3.42. The molecule has 1 N–H and O–H groups in total. The molecule has 0 aliphatic heterocycles. The summed E-state index contributed by atoms with van der Waals surface area (Å²) in [6, 6.07) is 12.9. The lowest BCUT2D eigenvalue weighted by Crippen LogP contribution is -2.37. The molecule has 8 heteroatoms. The molecule has 0 radical (unpaired) electrons. The number of methoxy groups -OCH3 is 1. The van der Waals surface area contributed by atoms with Gasteiger partial charge in [0, 0.05) is 12.6 Å². The first kappa shape index (κ1) is 22.9. The van der Waals surface area contributed by atoms with Gasteiger partial charge in [0.1, 0.15) is 18.0 Å². The van der Waals surface area contributed by atoms with Crippen molar-refractivity contribution in [3.8, 4) is 11.5 Å². The first-order valence-electron chi connectivity index (χ1n) is 9.37. The van der Waals surface area contributed by atoms with E-state index in [1.54, 1.807) is 42.5 Å². The van der Waals surface area contributed by atoms with Crippen LogP contribution < -0.4 is 14.8 Å². The second-order valence-corrected chi connectivity index (χ2v) is 6.29. The fraction of sp³-hybridized carbons (Fsp3) is 0.273. The minimum Gasteiger partial charge on any atom is -0.495 e. The zero-order valence-corrected chi connectivity index (χ0v) is 16.8. The Kier molecular flexibility index (Phi) is 8.80. The SMILES string of the molecule is CCCN(CC(=O)Nc1ccccc1OC)C(=O)/C=C/c1ccc(OC(F)F)cc1. The predicted octanol–water partition coefficient (Wildman–Crippen LogP) is 4.19. The Morgan fingerprint density at radius 1 is 1.13 bits per heavy atom. The Morgan fingerprint density at radius 3 is 2.47 bits per heavy atom. The van der Waals surface area contributed by atoms with Crippen molar-refractivity contribution in [1.29, 1.82) is 0 Å². The number of hydrogen-bond donors (Lipinski definition) is 1. The van der Waals surface area contributed by atoms with E-state index in [0.717, 1.165) is 0 Å². The van der Waals surface area contributed by atoms with Crippen LogP contribution in [0.1, 0.15) is 18.9 Å². The Morgan fingerprint density at radius 2 is 1.83 bits per heavy atom. The summed E-state index contributed by atoms with van der Waals surface area (Å²) in [5.74, 6) is -0.115. The van der Waals surface area contributed by atoms with Crippen molar-refractivity contribution in [3.63, 3.8) is 0 Å². The number of nitrogens with one attached hydrogen (secondary N) is 1. The van der Waals surface area contributed by atoms with Gasteiger partial charge in [0.2, 0.25) is 11.8 Å². The van der Waals surface area contributed by atoms with Crippen LogP contribution in [-0.4, -0.2) is 43.5 Å². The number of ether oxygens (including phenoxy) is 2. The first-order valence-corrected chi connectivity index (χ1v) is 9.37. The second kappa shape index (κ2) is 11.5. The van der Waals surface area contributed by atoms with Gasteiger partial charge in [-0.1, -0.05) is 31.2 Å². The highest BCUT2D eigenvalue weighted by Gasteiger charge is 2.15. The molecule has 0 saturated heterocycles. The number of hydrogen-bond acceptors (Lipinski definition) is 4. The average molecular weight is 418 g/mol. The zero-order chi connectivity index (χ0) is 21.9. The molecule has 160 valence electrons. The van der Waals surface area contributed by atoms with Crippen molar-refractivity contribution < 1.29 is 27.8 Å². The molecule has 2 amide bonds. The van der Waals surface area contributed by atoms with Gasteiger partial charge >= 0.3 is 6.61 Å². The van der Waals surface area contributed by atoms with Gasteiger partial charge in [-0.25, -0.2) is 0 Å². The van der Waals surface area contributed by atoms with Gasteiger partial charge in [0.05, 0.1) is 12.8 Å². The summed E-state index contributed by atoms with van der Waals surface area (Å²) in [5.41, 5.74) is 1.16. The fourth-order valence-electron chi connectivity index (χ4n) is 2.68. The van der Waals surface area contributed by atoms with Crippen molar-refractivity contribution in [2.24, 2.45) is 0 Å². The predicted molar refractivity (Wildman–Crippen MR) is 111 cm³/mol.